The molecule has 0 fully saturated rings. The van der Waals surface area contributed by atoms with Crippen molar-refractivity contribution in [2.75, 3.05) is 19.8 Å². The summed E-state index contributed by atoms with van der Waals surface area (Å²) in [6, 6.07) is 0. The summed E-state index contributed by atoms with van der Waals surface area (Å²) in [6.45, 7) is 9.19. The first-order valence-electron chi connectivity index (χ1n) is 5.26. The van der Waals surface area contributed by atoms with Crippen LogP contribution in [0, 0.1) is 12.8 Å². The Morgan fingerprint density at radius 2 is 2.20 bits per heavy atom. The van der Waals surface area contributed by atoms with Crippen LogP contribution in [0.3, 0.4) is 0 Å². The highest BCUT2D eigenvalue weighted by Crippen LogP contribution is 1.98. The molecule has 1 aromatic heterocycles. The quantitative estimate of drug-likeness (QED) is 0.688. The normalized spacial score (nSPS) is 11.2. The average molecular weight is 213 g/mol. The van der Waals surface area contributed by atoms with Crippen molar-refractivity contribution in [2.24, 2.45) is 5.92 Å². The van der Waals surface area contributed by atoms with Crippen molar-refractivity contribution in [1.29, 1.82) is 0 Å². The number of hydrogen-bond donors (Lipinski definition) is 1. The first-order valence-corrected chi connectivity index (χ1v) is 5.26. The molecule has 0 radical (unpaired) electrons. The molecule has 5 heteroatoms. The zero-order valence-corrected chi connectivity index (χ0v) is 9.62. The van der Waals surface area contributed by atoms with Gasteiger partial charge in [-0.25, -0.2) is 4.63 Å². The van der Waals surface area contributed by atoms with E-state index in [1.165, 1.54) is 0 Å². The molecule has 0 amide bonds. The van der Waals surface area contributed by atoms with Crippen LogP contribution in [-0.2, 0) is 11.3 Å². The lowest BCUT2D eigenvalue weighted by Gasteiger charge is -2.06. The van der Waals surface area contributed by atoms with Gasteiger partial charge in [-0.1, -0.05) is 24.2 Å². The van der Waals surface area contributed by atoms with Crippen LogP contribution in [0.4, 0.5) is 0 Å². The van der Waals surface area contributed by atoms with Crippen molar-refractivity contribution < 1.29 is 9.37 Å². The molecule has 15 heavy (non-hydrogen) atoms. The van der Waals surface area contributed by atoms with Crippen LogP contribution in [0.1, 0.15) is 25.2 Å². The molecule has 1 rings (SSSR count). The van der Waals surface area contributed by atoms with E-state index in [9.17, 15) is 0 Å². The van der Waals surface area contributed by atoms with Gasteiger partial charge in [0.05, 0.1) is 6.61 Å². The highest BCUT2D eigenvalue weighted by Gasteiger charge is 2.03. The third kappa shape index (κ3) is 4.90. The van der Waals surface area contributed by atoms with Crippen LogP contribution >= 0.6 is 0 Å². The molecule has 0 bridgehead atoms. The van der Waals surface area contributed by atoms with Crippen molar-refractivity contribution in [3.05, 3.63) is 11.4 Å². The van der Waals surface area contributed by atoms with E-state index < -0.39 is 0 Å². The highest BCUT2D eigenvalue weighted by molar-refractivity contribution is 5.03. The Balaban J connectivity index is 2.00. The van der Waals surface area contributed by atoms with Gasteiger partial charge in [0.1, 0.15) is 11.4 Å². The van der Waals surface area contributed by atoms with E-state index in [1.54, 1.807) is 0 Å². The minimum Gasteiger partial charge on any atom is -0.380 e. The Kier molecular flexibility index (Phi) is 5.28. The van der Waals surface area contributed by atoms with Crippen LogP contribution in [-0.4, -0.2) is 30.1 Å². The molecule has 0 spiro atoms. The zero-order chi connectivity index (χ0) is 11.1. The van der Waals surface area contributed by atoms with Gasteiger partial charge < -0.3 is 10.1 Å². The third-order valence-corrected chi connectivity index (χ3v) is 1.91. The lowest BCUT2D eigenvalue weighted by molar-refractivity contribution is 0.111. The summed E-state index contributed by atoms with van der Waals surface area (Å²) in [7, 11) is 0. The Morgan fingerprint density at radius 3 is 2.80 bits per heavy atom. The first kappa shape index (κ1) is 12.1. The predicted molar refractivity (Wildman–Crippen MR) is 56.4 cm³/mol. The van der Waals surface area contributed by atoms with Gasteiger partial charge in [-0.3, -0.25) is 0 Å². The number of hydrogen-bond acceptors (Lipinski definition) is 5. The molecule has 1 aromatic rings. The second kappa shape index (κ2) is 6.53. The molecule has 5 nitrogen and oxygen atoms in total. The minimum atomic E-state index is 0.590. The van der Waals surface area contributed by atoms with Gasteiger partial charge >= 0.3 is 0 Å². The van der Waals surface area contributed by atoms with E-state index in [-0.39, 0.29) is 0 Å². The Morgan fingerprint density at radius 1 is 1.40 bits per heavy atom. The number of aryl methyl sites for hydroxylation is 1. The molecule has 0 aromatic carbocycles. The summed E-state index contributed by atoms with van der Waals surface area (Å²) in [6.07, 6.45) is 0. The van der Waals surface area contributed by atoms with E-state index in [2.05, 4.69) is 34.1 Å². The summed E-state index contributed by atoms with van der Waals surface area (Å²) >= 11 is 0. The van der Waals surface area contributed by atoms with Crippen molar-refractivity contribution in [1.82, 2.24) is 15.6 Å². The van der Waals surface area contributed by atoms with Gasteiger partial charge in [-0.15, -0.1) is 0 Å². The van der Waals surface area contributed by atoms with Crippen LogP contribution in [0.2, 0.25) is 0 Å². The number of nitrogens with one attached hydrogen (secondary N) is 1. The van der Waals surface area contributed by atoms with Gasteiger partial charge in [-0.2, -0.15) is 0 Å². The Hall–Kier alpha value is -0.940. The summed E-state index contributed by atoms with van der Waals surface area (Å²) in [5.41, 5.74) is 1.70. The van der Waals surface area contributed by atoms with Crippen molar-refractivity contribution in [3.8, 4) is 0 Å². The molecular formula is C10H19N3O2. The van der Waals surface area contributed by atoms with Crippen LogP contribution in [0.25, 0.3) is 0 Å². The van der Waals surface area contributed by atoms with E-state index in [0.29, 0.717) is 12.5 Å². The predicted octanol–water partition coefficient (Wildman–Crippen LogP) is 1.14. The molecule has 0 aliphatic heterocycles. The molecule has 0 saturated heterocycles. The Labute approximate surface area is 90.2 Å². The SMILES string of the molecule is Cc1nonc1CNCCOCC(C)C. The smallest absolute Gasteiger partial charge is 0.121 e. The third-order valence-electron chi connectivity index (χ3n) is 1.91. The van der Waals surface area contributed by atoms with E-state index in [4.69, 9.17) is 4.74 Å². The maximum absolute atomic E-state index is 5.42. The van der Waals surface area contributed by atoms with E-state index in [0.717, 1.165) is 31.1 Å². The molecule has 86 valence electrons. The lowest BCUT2D eigenvalue weighted by atomic mass is 10.2. The highest BCUT2D eigenvalue weighted by atomic mass is 16.6. The van der Waals surface area contributed by atoms with Gasteiger partial charge in [0.25, 0.3) is 0 Å². The van der Waals surface area contributed by atoms with Gasteiger partial charge in [0, 0.05) is 19.7 Å². The monoisotopic (exact) mass is 213 g/mol. The van der Waals surface area contributed by atoms with Crippen molar-refractivity contribution >= 4 is 0 Å². The van der Waals surface area contributed by atoms with Gasteiger partial charge in [0.15, 0.2) is 0 Å². The zero-order valence-electron chi connectivity index (χ0n) is 9.62. The molecule has 0 aliphatic carbocycles. The largest absolute Gasteiger partial charge is 0.380 e. The maximum atomic E-state index is 5.42. The maximum Gasteiger partial charge on any atom is 0.121 e. The van der Waals surface area contributed by atoms with Crippen LogP contribution in [0.5, 0.6) is 0 Å². The fraction of sp³-hybridized carbons (Fsp3) is 0.800. The molecule has 0 atom stereocenters. The number of nitrogens with zero attached hydrogens (tertiary/aromatic N) is 2. The topological polar surface area (TPSA) is 60.2 Å². The number of ether oxygens (including phenoxy) is 1. The van der Waals surface area contributed by atoms with Crippen molar-refractivity contribution in [2.45, 2.75) is 27.3 Å². The van der Waals surface area contributed by atoms with Crippen molar-refractivity contribution in [3.63, 3.8) is 0 Å². The standard InChI is InChI=1S/C10H19N3O2/c1-8(2)7-14-5-4-11-6-10-9(3)12-15-13-10/h8,11H,4-7H2,1-3H3. The van der Waals surface area contributed by atoms with E-state index in [1.807, 2.05) is 6.92 Å². The summed E-state index contributed by atoms with van der Waals surface area (Å²) < 4.78 is 10.0. The Bertz CT molecular complexity index is 273. The molecule has 1 N–H and O–H groups in total. The van der Waals surface area contributed by atoms with Gasteiger partial charge in [0.2, 0.25) is 0 Å². The van der Waals surface area contributed by atoms with E-state index >= 15 is 0 Å². The second-order valence-electron chi connectivity index (χ2n) is 3.94. The van der Waals surface area contributed by atoms with Crippen LogP contribution < -0.4 is 5.32 Å². The first-order chi connectivity index (χ1) is 7.20. The number of rotatable bonds is 7. The molecule has 0 saturated carbocycles. The molecule has 1 heterocycles. The fourth-order valence-corrected chi connectivity index (χ4v) is 1.08. The van der Waals surface area contributed by atoms with Crippen LogP contribution in [0.15, 0.2) is 4.63 Å². The lowest BCUT2D eigenvalue weighted by Crippen LogP contribution is -2.20. The summed E-state index contributed by atoms with van der Waals surface area (Å²) in [4.78, 5) is 0. The molecule has 0 aliphatic rings. The molecular weight excluding hydrogens is 194 g/mol. The minimum absolute atomic E-state index is 0.590. The summed E-state index contributed by atoms with van der Waals surface area (Å²) in [5, 5.41) is 10.7. The number of aromatic nitrogens is 2. The average Bonchev–Trinajstić information content (AvgIpc) is 2.57. The van der Waals surface area contributed by atoms with Gasteiger partial charge in [-0.05, 0) is 12.8 Å². The molecule has 0 unspecified atom stereocenters. The summed E-state index contributed by atoms with van der Waals surface area (Å²) in [5.74, 6) is 0.590. The second-order valence-corrected chi connectivity index (χ2v) is 3.94. The fourth-order valence-electron chi connectivity index (χ4n) is 1.08.